The Balaban J connectivity index is 1.94. The smallest absolute Gasteiger partial charge is 0.272 e. The first-order valence-corrected chi connectivity index (χ1v) is 10.1. The molecule has 0 aliphatic rings. The quantitative estimate of drug-likeness (QED) is 0.436. The van der Waals surface area contributed by atoms with Gasteiger partial charge in [-0.1, -0.05) is 35.9 Å². The van der Waals surface area contributed by atoms with Crippen molar-refractivity contribution in [3.05, 3.63) is 77.2 Å². The predicted octanol–water partition coefficient (Wildman–Crippen LogP) is 5.34. The molecule has 0 N–H and O–H groups in total. The van der Waals surface area contributed by atoms with Crippen molar-refractivity contribution in [3.63, 3.8) is 0 Å². The van der Waals surface area contributed by atoms with Crippen LogP contribution in [0.5, 0.6) is 0 Å². The van der Waals surface area contributed by atoms with Crippen LogP contribution in [0.15, 0.2) is 60.7 Å². The maximum atomic E-state index is 14.6. The highest BCUT2D eigenvalue weighted by molar-refractivity contribution is 6.30. The van der Waals surface area contributed by atoms with Crippen LogP contribution >= 0.6 is 11.6 Å². The van der Waals surface area contributed by atoms with Crippen LogP contribution in [0.2, 0.25) is 5.02 Å². The molecule has 0 spiro atoms. The highest BCUT2D eigenvalue weighted by Crippen LogP contribution is 2.28. The summed E-state index contributed by atoms with van der Waals surface area (Å²) < 4.78 is 16.2. The number of hydrogen-bond acceptors (Lipinski definition) is 3. The first-order valence-electron chi connectivity index (χ1n) is 9.72. The zero-order chi connectivity index (χ0) is 21.3. The van der Waals surface area contributed by atoms with Gasteiger partial charge in [-0.05, 0) is 44.2 Å². The molecule has 2 aromatic carbocycles. The van der Waals surface area contributed by atoms with Gasteiger partial charge in [-0.2, -0.15) is 5.10 Å². The number of carbonyl (C=O) groups is 1. The van der Waals surface area contributed by atoms with Gasteiger partial charge in [-0.3, -0.25) is 4.79 Å². The van der Waals surface area contributed by atoms with Gasteiger partial charge in [0, 0.05) is 35.3 Å². The van der Waals surface area contributed by atoms with E-state index in [1.165, 1.54) is 6.07 Å². The molecular formula is C23H20ClFN4O. The first kappa shape index (κ1) is 20.0. The van der Waals surface area contributed by atoms with Crippen LogP contribution in [0.4, 0.5) is 4.39 Å². The van der Waals surface area contributed by atoms with E-state index in [1.807, 2.05) is 26.0 Å². The molecule has 0 aliphatic carbocycles. The van der Waals surface area contributed by atoms with Gasteiger partial charge in [-0.25, -0.2) is 13.9 Å². The summed E-state index contributed by atoms with van der Waals surface area (Å²) in [5.41, 5.74) is 3.05. The number of fused-ring (bicyclic) bond motifs is 1. The summed E-state index contributed by atoms with van der Waals surface area (Å²) in [6, 6.07) is 17.1. The Kier molecular flexibility index (Phi) is 5.50. The van der Waals surface area contributed by atoms with Crippen molar-refractivity contribution in [1.82, 2.24) is 19.5 Å². The molecule has 0 radical (unpaired) electrons. The van der Waals surface area contributed by atoms with Crippen molar-refractivity contribution in [3.8, 4) is 22.5 Å². The Morgan fingerprint density at radius 2 is 1.77 bits per heavy atom. The second kappa shape index (κ2) is 8.24. The predicted molar refractivity (Wildman–Crippen MR) is 116 cm³/mol. The lowest BCUT2D eigenvalue weighted by atomic mass is 10.1. The van der Waals surface area contributed by atoms with Crippen molar-refractivity contribution in [2.24, 2.45) is 0 Å². The van der Waals surface area contributed by atoms with Crippen LogP contribution in [0, 0.1) is 5.82 Å². The summed E-state index contributed by atoms with van der Waals surface area (Å²) in [7, 11) is 0. The standard InChI is InChI=1S/C23H20ClFN4O/c1-3-28(4-2)23(30)20-13-21(17-7-5-6-8-18(17)25)29-22(26-20)14-19(27-29)15-9-11-16(24)12-10-15/h5-14H,3-4H2,1-2H3. The van der Waals surface area contributed by atoms with Crippen molar-refractivity contribution in [2.75, 3.05) is 13.1 Å². The summed E-state index contributed by atoms with van der Waals surface area (Å²) >= 11 is 5.99. The zero-order valence-corrected chi connectivity index (χ0v) is 17.4. The third-order valence-corrected chi connectivity index (χ3v) is 5.24. The van der Waals surface area contributed by atoms with E-state index in [0.29, 0.717) is 40.7 Å². The maximum absolute atomic E-state index is 14.6. The molecule has 0 bridgehead atoms. The van der Waals surface area contributed by atoms with Crippen LogP contribution in [-0.4, -0.2) is 38.5 Å². The van der Waals surface area contributed by atoms with Gasteiger partial charge in [0.2, 0.25) is 0 Å². The number of halogens is 2. The van der Waals surface area contributed by atoms with Gasteiger partial charge < -0.3 is 4.90 Å². The summed E-state index contributed by atoms with van der Waals surface area (Å²) in [6.07, 6.45) is 0. The number of benzene rings is 2. The number of amides is 1. The highest BCUT2D eigenvalue weighted by Gasteiger charge is 2.20. The number of nitrogens with zero attached hydrogens (tertiary/aromatic N) is 4. The lowest BCUT2D eigenvalue weighted by molar-refractivity contribution is 0.0767. The fourth-order valence-corrected chi connectivity index (χ4v) is 3.51. The SMILES string of the molecule is CCN(CC)C(=O)c1cc(-c2ccccc2F)n2nc(-c3ccc(Cl)cc3)cc2n1. The van der Waals surface area contributed by atoms with E-state index >= 15 is 0 Å². The largest absolute Gasteiger partial charge is 0.338 e. The molecule has 4 rings (SSSR count). The number of hydrogen-bond donors (Lipinski definition) is 0. The first-order chi connectivity index (χ1) is 14.5. The monoisotopic (exact) mass is 422 g/mol. The maximum Gasteiger partial charge on any atom is 0.272 e. The average Bonchev–Trinajstić information content (AvgIpc) is 3.19. The summed E-state index contributed by atoms with van der Waals surface area (Å²) in [6.45, 7) is 4.95. The van der Waals surface area contributed by atoms with Crippen LogP contribution in [-0.2, 0) is 0 Å². The number of carbonyl (C=O) groups excluding carboxylic acids is 1. The van der Waals surface area contributed by atoms with Gasteiger partial charge >= 0.3 is 0 Å². The minimum atomic E-state index is -0.394. The van der Waals surface area contributed by atoms with Crippen LogP contribution < -0.4 is 0 Å². The van der Waals surface area contributed by atoms with E-state index < -0.39 is 5.82 Å². The van der Waals surface area contributed by atoms with Crippen LogP contribution in [0.3, 0.4) is 0 Å². The molecule has 152 valence electrons. The van der Waals surface area contributed by atoms with Crippen molar-refractivity contribution >= 4 is 23.2 Å². The molecule has 30 heavy (non-hydrogen) atoms. The zero-order valence-electron chi connectivity index (χ0n) is 16.6. The van der Waals surface area contributed by atoms with E-state index in [1.54, 1.807) is 51.9 Å². The Bertz CT molecular complexity index is 1220. The van der Waals surface area contributed by atoms with E-state index in [9.17, 15) is 9.18 Å². The van der Waals surface area contributed by atoms with Crippen LogP contribution in [0.25, 0.3) is 28.2 Å². The molecule has 7 heteroatoms. The summed E-state index contributed by atoms with van der Waals surface area (Å²) in [5.74, 6) is -0.593. The minimum Gasteiger partial charge on any atom is -0.338 e. The Hall–Kier alpha value is -3.25. The van der Waals surface area contributed by atoms with E-state index in [0.717, 1.165) is 5.56 Å². The molecule has 4 aromatic rings. The Labute approximate surface area is 178 Å². The summed E-state index contributed by atoms with van der Waals surface area (Å²) in [5, 5.41) is 5.26. The highest BCUT2D eigenvalue weighted by atomic mass is 35.5. The third-order valence-electron chi connectivity index (χ3n) is 4.99. The second-order valence-corrected chi connectivity index (χ2v) is 7.23. The van der Waals surface area contributed by atoms with E-state index in [-0.39, 0.29) is 11.6 Å². The Morgan fingerprint density at radius 3 is 2.43 bits per heavy atom. The molecule has 0 saturated heterocycles. The van der Waals surface area contributed by atoms with Gasteiger partial charge in [0.05, 0.1) is 11.4 Å². The lowest BCUT2D eigenvalue weighted by Gasteiger charge is -2.18. The van der Waals surface area contributed by atoms with E-state index in [2.05, 4.69) is 10.1 Å². The number of aromatic nitrogens is 3. The van der Waals surface area contributed by atoms with Gasteiger partial charge in [0.25, 0.3) is 5.91 Å². The fraction of sp³-hybridized carbons (Fsp3) is 0.174. The van der Waals surface area contributed by atoms with E-state index in [4.69, 9.17) is 11.6 Å². The van der Waals surface area contributed by atoms with Gasteiger partial charge in [0.15, 0.2) is 5.65 Å². The second-order valence-electron chi connectivity index (χ2n) is 6.79. The molecule has 0 saturated carbocycles. The molecule has 1 amide bonds. The molecule has 0 aliphatic heterocycles. The molecule has 0 atom stereocenters. The summed E-state index contributed by atoms with van der Waals surface area (Å²) in [4.78, 5) is 19.2. The fourth-order valence-electron chi connectivity index (χ4n) is 3.38. The Morgan fingerprint density at radius 1 is 1.07 bits per heavy atom. The molecule has 5 nitrogen and oxygen atoms in total. The van der Waals surface area contributed by atoms with Gasteiger partial charge in [0.1, 0.15) is 11.5 Å². The number of rotatable bonds is 5. The molecule has 0 fully saturated rings. The third kappa shape index (κ3) is 3.66. The van der Waals surface area contributed by atoms with Crippen molar-refractivity contribution < 1.29 is 9.18 Å². The van der Waals surface area contributed by atoms with Crippen molar-refractivity contribution in [2.45, 2.75) is 13.8 Å². The minimum absolute atomic E-state index is 0.200. The topological polar surface area (TPSA) is 50.5 Å². The molecule has 0 unspecified atom stereocenters. The van der Waals surface area contributed by atoms with Crippen molar-refractivity contribution in [1.29, 1.82) is 0 Å². The lowest BCUT2D eigenvalue weighted by Crippen LogP contribution is -2.31. The molecule has 2 heterocycles. The van der Waals surface area contributed by atoms with Gasteiger partial charge in [-0.15, -0.1) is 0 Å². The molecule has 2 aromatic heterocycles. The normalized spacial score (nSPS) is 11.1. The van der Waals surface area contributed by atoms with Crippen LogP contribution in [0.1, 0.15) is 24.3 Å². The molecular weight excluding hydrogens is 403 g/mol. The average molecular weight is 423 g/mol.